The molecule has 3 aliphatic rings. The third kappa shape index (κ3) is 4.23. The van der Waals surface area contributed by atoms with Gasteiger partial charge >= 0.3 is 6.03 Å². The van der Waals surface area contributed by atoms with Gasteiger partial charge in [0.15, 0.2) is 11.5 Å². The summed E-state index contributed by atoms with van der Waals surface area (Å²) < 4.78 is 10.7. The average Bonchev–Trinajstić information content (AvgIpc) is 3.50. The fraction of sp³-hybridized carbons (Fsp3) is 0.320. The van der Waals surface area contributed by atoms with E-state index in [0.29, 0.717) is 18.0 Å². The zero-order valence-electron chi connectivity index (χ0n) is 18.9. The Morgan fingerprint density at radius 1 is 1.06 bits per heavy atom. The molecular formula is C25H25N3O5S. The summed E-state index contributed by atoms with van der Waals surface area (Å²) in [5.74, 6) is 0.810. The van der Waals surface area contributed by atoms with Gasteiger partial charge in [0.25, 0.3) is 0 Å². The van der Waals surface area contributed by atoms with Crippen LogP contribution >= 0.6 is 11.8 Å². The molecule has 3 heterocycles. The summed E-state index contributed by atoms with van der Waals surface area (Å²) in [6.45, 7) is 4.55. The maximum absolute atomic E-state index is 13.3. The van der Waals surface area contributed by atoms with Crippen LogP contribution < -0.4 is 14.8 Å². The van der Waals surface area contributed by atoms with Crippen molar-refractivity contribution >= 4 is 29.6 Å². The van der Waals surface area contributed by atoms with Crippen LogP contribution in [0.3, 0.4) is 0 Å². The Bertz CT molecular complexity index is 1200. The summed E-state index contributed by atoms with van der Waals surface area (Å²) in [5.41, 5.74) is 4.00. The smallest absolute Gasteiger partial charge is 0.328 e. The van der Waals surface area contributed by atoms with Gasteiger partial charge in [-0.15, -0.1) is 11.8 Å². The predicted molar refractivity (Wildman–Crippen MR) is 127 cm³/mol. The molecule has 176 valence electrons. The topological polar surface area (TPSA) is 88.2 Å². The molecule has 34 heavy (non-hydrogen) atoms. The Labute approximate surface area is 201 Å². The summed E-state index contributed by atoms with van der Waals surface area (Å²) >= 11 is 1.39. The number of rotatable bonds is 6. The molecule has 1 saturated heterocycles. The lowest BCUT2D eigenvalue weighted by Crippen LogP contribution is -2.62. The SMILES string of the molecule is Cc1ccc(CN2C(=O)C3SC=CC3N(CC(=O)NCc3ccc4c(c3)OCO4)C2=O)cc1C. The number of imide groups is 1. The normalized spacial score (nSPS) is 20.6. The highest BCUT2D eigenvalue weighted by Crippen LogP contribution is 2.35. The molecule has 2 atom stereocenters. The predicted octanol–water partition coefficient (Wildman–Crippen LogP) is 3.11. The number of urea groups is 1. The van der Waals surface area contributed by atoms with Crippen LogP contribution in [0.2, 0.25) is 0 Å². The number of carbonyl (C=O) groups is 3. The van der Waals surface area contributed by atoms with Crippen molar-refractivity contribution in [1.29, 1.82) is 0 Å². The Morgan fingerprint density at radius 2 is 1.85 bits per heavy atom. The lowest BCUT2D eigenvalue weighted by Gasteiger charge is -2.41. The molecule has 1 N–H and O–H groups in total. The van der Waals surface area contributed by atoms with Gasteiger partial charge in [-0.25, -0.2) is 4.79 Å². The van der Waals surface area contributed by atoms with E-state index in [1.807, 2.05) is 55.7 Å². The van der Waals surface area contributed by atoms with Crippen LogP contribution in [-0.2, 0) is 22.7 Å². The molecule has 5 rings (SSSR count). The van der Waals surface area contributed by atoms with Crippen LogP contribution in [0.5, 0.6) is 11.5 Å². The molecule has 3 aliphatic heterocycles. The Morgan fingerprint density at radius 3 is 2.68 bits per heavy atom. The molecule has 0 saturated carbocycles. The van der Waals surface area contributed by atoms with E-state index >= 15 is 0 Å². The second kappa shape index (κ2) is 9.06. The number of hydrogen-bond acceptors (Lipinski definition) is 6. The number of hydrogen-bond donors (Lipinski definition) is 1. The first-order valence-corrected chi connectivity index (χ1v) is 12.0. The largest absolute Gasteiger partial charge is 0.454 e. The summed E-state index contributed by atoms with van der Waals surface area (Å²) in [7, 11) is 0. The van der Waals surface area contributed by atoms with Crippen LogP contribution in [0, 0.1) is 13.8 Å². The van der Waals surface area contributed by atoms with E-state index in [1.165, 1.54) is 21.6 Å². The summed E-state index contributed by atoms with van der Waals surface area (Å²) in [6.07, 6.45) is 1.82. The quantitative estimate of drug-likeness (QED) is 0.685. The number of thioether (sulfide) groups is 1. The number of amides is 4. The van der Waals surface area contributed by atoms with E-state index in [4.69, 9.17) is 9.47 Å². The van der Waals surface area contributed by atoms with Gasteiger partial charge in [-0.2, -0.15) is 0 Å². The van der Waals surface area contributed by atoms with Crippen LogP contribution in [-0.4, -0.2) is 52.3 Å². The van der Waals surface area contributed by atoms with Gasteiger partial charge < -0.3 is 19.7 Å². The zero-order chi connectivity index (χ0) is 23.8. The highest BCUT2D eigenvalue weighted by molar-refractivity contribution is 8.03. The summed E-state index contributed by atoms with van der Waals surface area (Å²) in [5, 5.41) is 4.26. The second-order valence-electron chi connectivity index (χ2n) is 8.59. The number of nitrogens with zero attached hydrogens (tertiary/aromatic N) is 2. The van der Waals surface area contributed by atoms with Gasteiger partial charge in [-0.1, -0.05) is 30.3 Å². The number of carbonyl (C=O) groups excluding carboxylic acids is 3. The molecule has 2 unspecified atom stereocenters. The van der Waals surface area contributed by atoms with E-state index in [0.717, 1.165) is 22.3 Å². The Balaban J connectivity index is 1.28. The first-order chi connectivity index (χ1) is 16.4. The Kier molecular flexibility index (Phi) is 5.95. The fourth-order valence-corrected chi connectivity index (χ4v) is 5.32. The molecule has 0 spiro atoms. The highest BCUT2D eigenvalue weighted by Gasteiger charge is 2.47. The molecule has 0 radical (unpaired) electrons. The van der Waals surface area contributed by atoms with Crippen molar-refractivity contribution in [2.24, 2.45) is 0 Å². The maximum Gasteiger partial charge on any atom is 0.328 e. The molecule has 2 aromatic rings. The third-order valence-corrected chi connectivity index (χ3v) is 7.40. The standard InChI is InChI=1S/C25H25N3O5S/c1-15-3-4-18(9-16(15)2)12-28-24(30)23-19(7-8-34-23)27(25(28)31)13-22(29)26-11-17-5-6-20-21(10-17)33-14-32-20/h3-10,19,23H,11-14H2,1-2H3,(H,26,29). The minimum absolute atomic E-state index is 0.133. The zero-order valence-corrected chi connectivity index (χ0v) is 19.8. The monoisotopic (exact) mass is 479 g/mol. The molecular weight excluding hydrogens is 454 g/mol. The number of ether oxygens (including phenoxy) is 2. The average molecular weight is 480 g/mol. The summed E-state index contributed by atoms with van der Waals surface area (Å²) in [4.78, 5) is 42.0. The number of benzene rings is 2. The molecule has 8 nitrogen and oxygen atoms in total. The van der Waals surface area contributed by atoms with E-state index in [1.54, 1.807) is 6.07 Å². The minimum Gasteiger partial charge on any atom is -0.454 e. The minimum atomic E-state index is -0.449. The fourth-order valence-electron chi connectivity index (χ4n) is 4.26. The van der Waals surface area contributed by atoms with Crippen molar-refractivity contribution in [3.05, 3.63) is 70.1 Å². The molecule has 1 fully saturated rings. The number of aryl methyl sites for hydroxylation is 2. The Hall–Kier alpha value is -3.46. The summed E-state index contributed by atoms with van der Waals surface area (Å²) in [6, 6.07) is 10.5. The molecule has 0 aromatic heterocycles. The first kappa shape index (κ1) is 22.3. The van der Waals surface area contributed by atoms with Crippen molar-refractivity contribution in [2.45, 2.75) is 38.2 Å². The molecule has 4 amide bonds. The maximum atomic E-state index is 13.3. The van der Waals surface area contributed by atoms with E-state index in [2.05, 4.69) is 5.32 Å². The van der Waals surface area contributed by atoms with Crippen molar-refractivity contribution < 1.29 is 23.9 Å². The molecule has 2 aromatic carbocycles. The third-order valence-electron chi connectivity index (χ3n) is 6.31. The number of fused-ring (bicyclic) bond motifs is 2. The highest BCUT2D eigenvalue weighted by atomic mass is 32.2. The van der Waals surface area contributed by atoms with Crippen LogP contribution in [0.4, 0.5) is 4.79 Å². The number of nitrogens with one attached hydrogen (secondary N) is 1. The van der Waals surface area contributed by atoms with Crippen molar-refractivity contribution in [3.63, 3.8) is 0 Å². The molecule has 9 heteroatoms. The van der Waals surface area contributed by atoms with Gasteiger partial charge in [-0.05, 0) is 53.6 Å². The van der Waals surface area contributed by atoms with Gasteiger partial charge in [0.05, 0.1) is 12.6 Å². The van der Waals surface area contributed by atoms with E-state index < -0.39 is 17.3 Å². The van der Waals surface area contributed by atoms with E-state index in [9.17, 15) is 14.4 Å². The lowest BCUT2D eigenvalue weighted by atomic mass is 10.0. The van der Waals surface area contributed by atoms with Crippen LogP contribution in [0.15, 0.2) is 47.9 Å². The van der Waals surface area contributed by atoms with Crippen LogP contribution in [0.25, 0.3) is 0 Å². The van der Waals surface area contributed by atoms with Gasteiger partial charge in [0.1, 0.15) is 11.8 Å². The van der Waals surface area contributed by atoms with Gasteiger partial charge in [0, 0.05) is 6.54 Å². The first-order valence-electron chi connectivity index (χ1n) is 11.1. The molecule has 0 bridgehead atoms. The lowest BCUT2D eigenvalue weighted by molar-refractivity contribution is -0.133. The second-order valence-corrected chi connectivity index (χ2v) is 9.65. The molecule has 0 aliphatic carbocycles. The van der Waals surface area contributed by atoms with Gasteiger partial charge in [0.2, 0.25) is 18.6 Å². The van der Waals surface area contributed by atoms with Gasteiger partial charge in [-0.3, -0.25) is 14.5 Å². The van der Waals surface area contributed by atoms with Crippen molar-refractivity contribution in [1.82, 2.24) is 15.1 Å². The van der Waals surface area contributed by atoms with Crippen molar-refractivity contribution in [2.75, 3.05) is 13.3 Å². The van der Waals surface area contributed by atoms with E-state index in [-0.39, 0.29) is 31.7 Å². The van der Waals surface area contributed by atoms with Crippen LogP contribution in [0.1, 0.15) is 22.3 Å². The van der Waals surface area contributed by atoms with Crippen molar-refractivity contribution in [3.8, 4) is 11.5 Å².